The minimum Gasteiger partial charge on any atom is -0.468 e. The van der Waals surface area contributed by atoms with Crippen molar-refractivity contribution in [3.63, 3.8) is 0 Å². The third kappa shape index (κ3) is 2.51. The van der Waals surface area contributed by atoms with Crippen LogP contribution in [-0.2, 0) is 24.2 Å². The fourth-order valence-electron chi connectivity index (χ4n) is 4.86. The summed E-state index contributed by atoms with van der Waals surface area (Å²) in [5.74, 6) is -1.13. The van der Waals surface area contributed by atoms with E-state index in [1.165, 1.54) is 19.2 Å². The standard InChI is InChI=1S/C20H26O6S/c1-18(2)10-11-19(3)15(21)14(12-20(18,16(19)22)17(23)26-4)27(24,25)13-8-6-5-7-9-13/h5-9,14-15,21H,10-12H2,1-4H3. The minimum atomic E-state index is -3.95. The van der Waals surface area contributed by atoms with Crippen molar-refractivity contribution < 1.29 is 27.9 Å². The van der Waals surface area contributed by atoms with Gasteiger partial charge in [-0.25, -0.2) is 8.42 Å². The van der Waals surface area contributed by atoms with Crippen molar-refractivity contribution in [1.82, 2.24) is 0 Å². The van der Waals surface area contributed by atoms with Crippen molar-refractivity contribution in [3.05, 3.63) is 30.3 Å². The Labute approximate surface area is 159 Å². The summed E-state index contributed by atoms with van der Waals surface area (Å²) in [6, 6.07) is 7.85. The lowest BCUT2D eigenvalue weighted by Gasteiger charge is -2.59. The molecule has 2 saturated carbocycles. The summed E-state index contributed by atoms with van der Waals surface area (Å²) in [5.41, 5.74) is -3.68. The zero-order chi connectivity index (χ0) is 20.3. The highest BCUT2D eigenvalue weighted by molar-refractivity contribution is 7.92. The molecule has 0 radical (unpaired) electrons. The van der Waals surface area contributed by atoms with Gasteiger partial charge in [0.05, 0.1) is 28.8 Å². The van der Waals surface area contributed by atoms with E-state index in [0.717, 1.165) is 0 Å². The van der Waals surface area contributed by atoms with E-state index in [2.05, 4.69) is 0 Å². The first-order valence-corrected chi connectivity index (χ1v) is 10.6. The number of hydrogen-bond donors (Lipinski definition) is 1. The Kier molecular flexibility index (Phi) is 4.55. The van der Waals surface area contributed by atoms with Crippen LogP contribution in [0.4, 0.5) is 0 Å². The van der Waals surface area contributed by atoms with Crippen LogP contribution in [0.2, 0.25) is 0 Å². The van der Waals surface area contributed by atoms with Gasteiger partial charge >= 0.3 is 5.97 Å². The number of ether oxygens (including phenoxy) is 1. The number of ketones is 1. The fraction of sp³-hybridized carbons (Fsp3) is 0.600. The number of carbonyl (C=O) groups excluding carboxylic acids is 2. The quantitative estimate of drug-likeness (QED) is 0.623. The van der Waals surface area contributed by atoms with E-state index in [4.69, 9.17) is 4.74 Å². The molecule has 2 bridgehead atoms. The van der Waals surface area contributed by atoms with Gasteiger partial charge in [-0.3, -0.25) is 9.59 Å². The molecule has 4 atom stereocenters. The topological polar surface area (TPSA) is 97.7 Å². The van der Waals surface area contributed by atoms with E-state index in [0.29, 0.717) is 12.8 Å². The molecule has 0 aromatic heterocycles. The molecule has 2 aliphatic rings. The number of aliphatic hydroxyl groups excluding tert-OH is 1. The summed E-state index contributed by atoms with van der Waals surface area (Å²) in [4.78, 5) is 26.4. The first-order valence-electron chi connectivity index (χ1n) is 9.05. The minimum absolute atomic E-state index is 0.0721. The van der Waals surface area contributed by atoms with Crippen LogP contribution in [0.25, 0.3) is 0 Å². The number of rotatable bonds is 3. The molecule has 2 aliphatic carbocycles. The second kappa shape index (κ2) is 6.14. The molecule has 4 unspecified atom stereocenters. The molecule has 0 heterocycles. The summed E-state index contributed by atoms with van der Waals surface area (Å²) in [7, 11) is -2.75. The van der Waals surface area contributed by atoms with Crippen LogP contribution >= 0.6 is 0 Å². The van der Waals surface area contributed by atoms with Crippen LogP contribution in [-0.4, -0.2) is 43.7 Å². The number of esters is 1. The number of Topliss-reactive ketones (excluding diaryl/α,β-unsaturated/α-hetero) is 1. The smallest absolute Gasteiger partial charge is 0.319 e. The van der Waals surface area contributed by atoms with Gasteiger partial charge in [-0.05, 0) is 36.8 Å². The van der Waals surface area contributed by atoms with Crippen molar-refractivity contribution >= 4 is 21.6 Å². The molecular formula is C20H26O6S. The highest BCUT2D eigenvalue weighted by atomic mass is 32.2. The molecule has 2 fully saturated rings. The van der Waals surface area contributed by atoms with Crippen molar-refractivity contribution in [2.75, 3.05) is 7.11 Å². The molecule has 27 heavy (non-hydrogen) atoms. The third-order valence-corrected chi connectivity index (χ3v) is 9.00. The average molecular weight is 394 g/mol. The Morgan fingerprint density at radius 1 is 1.15 bits per heavy atom. The van der Waals surface area contributed by atoms with Crippen molar-refractivity contribution in [3.8, 4) is 0 Å². The Morgan fingerprint density at radius 3 is 2.30 bits per heavy atom. The average Bonchev–Trinajstić information content (AvgIpc) is 2.64. The van der Waals surface area contributed by atoms with E-state index < -0.39 is 49.2 Å². The van der Waals surface area contributed by atoms with Gasteiger partial charge in [0.15, 0.2) is 15.6 Å². The predicted octanol–water partition coefficient (Wildman–Crippen LogP) is 2.15. The number of fused-ring (bicyclic) bond motifs is 2. The highest BCUT2D eigenvalue weighted by Gasteiger charge is 2.72. The number of hydrogen-bond acceptors (Lipinski definition) is 6. The zero-order valence-electron chi connectivity index (χ0n) is 16.1. The first kappa shape index (κ1) is 20.0. The lowest BCUT2D eigenvalue weighted by molar-refractivity contribution is -0.191. The van der Waals surface area contributed by atoms with Gasteiger partial charge in [0.25, 0.3) is 0 Å². The lowest BCUT2D eigenvalue weighted by Crippen LogP contribution is -2.70. The maximum absolute atomic E-state index is 13.4. The van der Waals surface area contributed by atoms with Gasteiger partial charge in [0, 0.05) is 0 Å². The Bertz CT molecular complexity index is 875. The predicted molar refractivity (Wildman–Crippen MR) is 98.6 cm³/mol. The summed E-state index contributed by atoms with van der Waals surface area (Å²) < 4.78 is 31.6. The van der Waals surface area contributed by atoms with Crippen molar-refractivity contribution in [2.45, 2.75) is 56.3 Å². The first-order chi connectivity index (χ1) is 12.4. The van der Waals surface area contributed by atoms with Gasteiger partial charge in [0.2, 0.25) is 0 Å². The summed E-state index contributed by atoms with van der Waals surface area (Å²) >= 11 is 0. The van der Waals surface area contributed by atoms with Crippen LogP contribution in [0.15, 0.2) is 35.2 Å². The molecule has 0 spiro atoms. The van der Waals surface area contributed by atoms with Gasteiger partial charge in [-0.1, -0.05) is 39.0 Å². The Hall–Kier alpha value is -1.73. The Balaban J connectivity index is 2.22. The zero-order valence-corrected chi connectivity index (χ0v) is 16.9. The molecular weight excluding hydrogens is 368 g/mol. The van der Waals surface area contributed by atoms with E-state index in [1.54, 1.807) is 39.0 Å². The van der Waals surface area contributed by atoms with Crippen LogP contribution in [0, 0.1) is 16.2 Å². The summed E-state index contributed by atoms with van der Waals surface area (Å²) in [5, 5.41) is 9.73. The normalized spacial score (nSPS) is 35.5. The van der Waals surface area contributed by atoms with Crippen LogP contribution in [0.3, 0.4) is 0 Å². The maximum atomic E-state index is 13.4. The molecule has 6 nitrogen and oxygen atoms in total. The SMILES string of the molecule is COC(=O)C12CC(S(=O)(=O)c3ccccc3)C(O)C(C)(CCC1(C)C)C2=O. The maximum Gasteiger partial charge on any atom is 0.319 e. The Morgan fingerprint density at radius 2 is 1.74 bits per heavy atom. The number of carbonyl (C=O) groups is 2. The second-order valence-corrected chi connectivity index (χ2v) is 10.7. The van der Waals surface area contributed by atoms with Crippen molar-refractivity contribution in [2.24, 2.45) is 16.2 Å². The number of benzene rings is 1. The van der Waals surface area contributed by atoms with Crippen LogP contribution < -0.4 is 0 Å². The molecule has 148 valence electrons. The van der Waals surface area contributed by atoms with Gasteiger partial charge in [-0.15, -0.1) is 0 Å². The second-order valence-electron chi connectivity index (χ2n) is 8.57. The van der Waals surface area contributed by atoms with Crippen LogP contribution in [0.1, 0.15) is 40.0 Å². The molecule has 7 heteroatoms. The highest BCUT2D eigenvalue weighted by Crippen LogP contribution is 2.62. The lowest BCUT2D eigenvalue weighted by atomic mass is 9.44. The fourth-order valence-corrected chi connectivity index (χ4v) is 6.85. The molecule has 0 aliphatic heterocycles. The number of aliphatic hydroxyl groups is 1. The molecule has 3 rings (SSSR count). The van der Waals surface area contributed by atoms with E-state index in [1.807, 2.05) is 0 Å². The summed E-state index contributed by atoms with van der Waals surface area (Å²) in [6.07, 6.45) is -0.831. The molecule has 1 aromatic rings. The molecule has 1 N–H and O–H groups in total. The van der Waals surface area contributed by atoms with E-state index in [-0.39, 0.29) is 11.3 Å². The largest absolute Gasteiger partial charge is 0.468 e. The van der Waals surface area contributed by atoms with Gasteiger partial charge < -0.3 is 9.84 Å². The van der Waals surface area contributed by atoms with Gasteiger partial charge in [-0.2, -0.15) is 0 Å². The summed E-state index contributed by atoms with van der Waals surface area (Å²) in [6.45, 7) is 5.16. The molecule has 0 saturated heterocycles. The number of methoxy groups -OCH3 is 1. The number of sulfone groups is 1. The molecule has 1 aromatic carbocycles. The van der Waals surface area contributed by atoms with E-state index >= 15 is 0 Å². The third-order valence-electron chi connectivity index (χ3n) is 6.85. The monoisotopic (exact) mass is 394 g/mol. The van der Waals surface area contributed by atoms with Crippen LogP contribution in [0.5, 0.6) is 0 Å². The molecule has 0 amide bonds. The van der Waals surface area contributed by atoms with Gasteiger partial charge in [0.1, 0.15) is 5.41 Å². The van der Waals surface area contributed by atoms with Crippen molar-refractivity contribution in [1.29, 1.82) is 0 Å². The van der Waals surface area contributed by atoms with E-state index in [9.17, 15) is 23.1 Å².